The average molecular weight is 410 g/mol. The van der Waals surface area contributed by atoms with E-state index < -0.39 is 10.0 Å². The molecule has 1 N–H and O–H groups in total. The van der Waals surface area contributed by atoms with Gasteiger partial charge in [0.15, 0.2) is 0 Å². The number of hydrogen-bond acceptors (Lipinski definition) is 4. The van der Waals surface area contributed by atoms with Crippen LogP contribution in [0.15, 0.2) is 29.2 Å². The summed E-state index contributed by atoms with van der Waals surface area (Å²) in [6.45, 7) is 12.7. The second kappa shape index (κ2) is 9.37. The van der Waals surface area contributed by atoms with Gasteiger partial charge < -0.3 is 5.32 Å². The van der Waals surface area contributed by atoms with Crippen molar-refractivity contribution < 1.29 is 13.2 Å². The van der Waals surface area contributed by atoms with E-state index in [0.717, 1.165) is 18.4 Å². The standard InChI is InChI=1S/C21H35N3O3S/c1-6-7-17(2)22-20(25)16-23-12-14-24(15-13-23)28(26,27)19-10-8-18(9-11-19)21(3,4)5/h8-11,17H,6-7,12-16H2,1-5H3,(H,22,25)/t17-/m0/s1. The smallest absolute Gasteiger partial charge is 0.243 e. The lowest BCUT2D eigenvalue weighted by atomic mass is 9.87. The van der Waals surface area contributed by atoms with Crippen LogP contribution in [-0.2, 0) is 20.2 Å². The summed E-state index contributed by atoms with van der Waals surface area (Å²) in [6.07, 6.45) is 2.00. The van der Waals surface area contributed by atoms with Crippen LogP contribution in [0.4, 0.5) is 0 Å². The Morgan fingerprint density at radius 1 is 1.11 bits per heavy atom. The zero-order valence-electron chi connectivity index (χ0n) is 17.9. The van der Waals surface area contributed by atoms with Crippen LogP contribution in [0.2, 0.25) is 0 Å². The molecule has 1 heterocycles. The molecule has 1 fully saturated rings. The Morgan fingerprint density at radius 2 is 1.68 bits per heavy atom. The van der Waals surface area contributed by atoms with Crippen LogP contribution < -0.4 is 5.32 Å². The molecule has 1 aromatic rings. The molecule has 0 spiro atoms. The summed E-state index contributed by atoms with van der Waals surface area (Å²) < 4.78 is 27.4. The maximum Gasteiger partial charge on any atom is 0.243 e. The van der Waals surface area contributed by atoms with Crippen LogP contribution in [0.5, 0.6) is 0 Å². The molecule has 0 radical (unpaired) electrons. The van der Waals surface area contributed by atoms with Gasteiger partial charge in [-0.3, -0.25) is 9.69 Å². The van der Waals surface area contributed by atoms with Gasteiger partial charge in [0.05, 0.1) is 11.4 Å². The Bertz CT molecular complexity index is 746. The molecule has 1 aliphatic heterocycles. The normalized spacial score (nSPS) is 18.0. The Balaban J connectivity index is 1.92. The highest BCUT2D eigenvalue weighted by atomic mass is 32.2. The van der Waals surface area contributed by atoms with E-state index in [-0.39, 0.29) is 17.4 Å². The highest BCUT2D eigenvalue weighted by Gasteiger charge is 2.29. The Kier molecular flexibility index (Phi) is 7.65. The average Bonchev–Trinajstić information content (AvgIpc) is 2.61. The third kappa shape index (κ3) is 6.03. The topological polar surface area (TPSA) is 69.7 Å². The lowest BCUT2D eigenvalue weighted by Gasteiger charge is -2.33. The van der Waals surface area contributed by atoms with Gasteiger partial charge in [-0.25, -0.2) is 8.42 Å². The van der Waals surface area contributed by atoms with Crippen molar-refractivity contribution >= 4 is 15.9 Å². The predicted molar refractivity (Wildman–Crippen MR) is 113 cm³/mol. The van der Waals surface area contributed by atoms with Gasteiger partial charge >= 0.3 is 0 Å². The first-order valence-electron chi connectivity index (χ1n) is 10.2. The Hall–Kier alpha value is -1.44. The summed E-state index contributed by atoms with van der Waals surface area (Å²) in [7, 11) is -3.50. The van der Waals surface area contributed by atoms with Crippen molar-refractivity contribution in [2.45, 2.75) is 63.8 Å². The van der Waals surface area contributed by atoms with Crippen molar-refractivity contribution in [3.05, 3.63) is 29.8 Å². The molecule has 1 atom stereocenters. The zero-order chi connectivity index (χ0) is 20.9. The highest BCUT2D eigenvalue weighted by Crippen LogP contribution is 2.25. The fraction of sp³-hybridized carbons (Fsp3) is 0.667. The third-order valence-electron chi connectivity index (χ3n) is 5.19. The maximum absolute atomic E-state index is 12.9. The van der Waals surface area contributed by atoms with E-state index in [1.165, 1.54) is 4.31 Å². The molecule has 0 aromatic heterocycles. The van der Waals surface area contributed by atoms with E-state index in [2.05, 4.69) is 33.0 Å². The van der Waals surface area contributed by atoms with Crippen LogP contribution in [0.25, 0.3) is 0 Å². The van der Waals surface area contributed by atoms with Crippen LogP contribution in [0.1, 0.15) is 53.0 Å². The number of nitrogens with one attached hydrogen (secondary N) is 1. The first-order valence-corrected chi connectivity index (χ1v) is 11.6. The number of sulfonamides is 1. The summed E-state index contributed by atoms with van der Waals surface area (Å²) in [5, 5.41) is 3.00. The summed E-state index contributed by atoms with van der Waals surface area (Å²) in [4.78, 5) is 14.5. The number of benzene rings is 1. The molecule has 1 amide bonds. The van der Waals surface area contributed by atoms with Gasteiger partial charge in [0.2, 0.25) is 15.9 Å². The molecule has 1 saturated heterocycles. The molecule has 2 rings (SSSR count). The minimum atomic E-state index is -3.50. The highest BCUT2D eigenvalue weighted by molar-refractivity contribution is 7.89. The van der Waals surface area contributed by atoms with Gasteiger partial charge in [0.25, 0.3) is 0 Å². The van der Waals surface area contributed by atoms with Crippen molar-refractivity contribution in [1.82, 2.24) is 14.5 Å². The van der Waals surface area contributed by atoms with Crippen LogP contribution in [-0.4, -0.2) is 62.3 Å². The van der Waals surface area contributed by atoms with Crippen molar-refractivity contribution in [2.24, 2.45) is 0 Å². The molecular formula is C21H35N3O3S. The van der Waals surface area contributed by atoms with Gasteiger partial charge in [-0.2, -0.15) is 4.31 Å². The fourth-order valence-electron chi connectivity index (χ4n) is 3.43. The number of rotatable bonds is 7. The van der Waals surface area contributed by atoms with E-state index in [9.17, 15) is 13.2 Å². The first-order chi connectivity index (χ1) is 13.0. The Morgan fingerprint density at radius 3 is 2.18 bits per heavy atom. The second-order valence-corrected chi connectivity index (χ2v) is 10.6. The van der Waals surface area contributed by atoms with Crippen molar-refractivity contribution in [2.75, 3.05) is 32.7 Å². The van der Waals surface area contributed by atoms with Gasteiger partial charge in [0, 0.05) is 32.2 Å². The SMILES string of the molecule is CCC[C@H](C)NC(=O)CN1CCN(S(=O)(=O)c2ccc(C(C)(C)C)cc2)CC1. The van der Waals surface area contributed by atoms with E-state index in [0.29, 0.717) is 37.6 Å². The van der Waals surface area contributed by atoms with Gasteiger partial charge in [-0.15, -0.1) is 0 Å². The molecular weight excluding hydrogens is 374 g/mol. The molecule has 0 saturated carbocycles. The largest absolute Gasteiger partial charge is 0.353 e. The van der Waals surface area contributed by atoms with Gasteiger partial charge in [-0.05, 0) is 36.5 Å². The van der Waals surface area contributed by atoms with Crippen molar-refractivity contribution in [3.8, 4) is 0 Å². The summed E-state index contributed by atoms with van der Waals surface area (Å²) in [5.41, 5.74) is 1.10. The molecule has 0 aliphatic carbocycles. The van der Waals surface area contributed by atoms with E-state index in [1.54, 1.807) is 12.1 Å². The quantitative estimate of drug-likeness (QED) is 0.752. The molecule has 1 aromatic carbocycles. The number of nitrogens with zero attached hydrogens (tertiary/aromatic N) is 2. The zero-order valence-corrected chi connectivity index (χ0v) is 18.7. The van der Waals surface area contributed by atoms with E-state index >= 15 is 0 Å². The lowest BCUT2D eigenvalue weighted by Crippen LogP contribution is -2.51. The number of amides is 1. The maximum atomic E-state index is 12.9. The summed E-state index contributed by atoms with van der Waals surface area (Å²) in [5.74, 6) is 0.00928. The van der Waals surface area contributed by atoms with Gasteiger partial charge in [-0.1, -0.05) is 46.2 Å². The molecule has 158 valence electrons. The number of carbonyl (C=O) groups excluding carboxylic acids is 1. The van der Waals surface area contributed by atoms with E-state index in [1.807, 2.05) is 24.0 Å². The summed E-state index contributed by atoms with van der Waals surface area (Å²) >= 11 is 0. The third-order valence-corrected chi connectivity index (χ3v) is 7.10. The van der Waals surface area contributed by atoms with Gasteiger partial charge in [0.1, 0.15) is 0 Å². The van der Waals surface area contributed by atoms with Crippen molar-refractivity contribution in [1.29, 1.82) is 0 Å². The molecule has 7 heteroatoms. The number of piperazine rings is 1. The van der Waals surface area contributed by atoms with E-state index in [4.69, 9.17) is 0 Å². The minimum Gasteiger partial charge on any atom is -0.353 e. The minimum absolute atomic E-state index is 0.00928. The number of hydrogen-bond donors (Lipinski definition) is 1. The predicted octanol–water partition coefficient (Wildman–Crippen LogP) is 2.60. The molecule has 6 nitrogen and oxygen atoms in total. The second-order valence-electron chi connectivity index (χ2n) is 8.71. The Labute approximate surface area is 170 Å². The van der Waals surface area contributed by atoms with Crippen LogP contribution >= 0.6 is 0 Å². The lowest BCUT2D eigenvalue weighted by molar-refractivity contribution is -0.123. The summed E-state index contributed by atoms with van der Waals surface area (Å²) in [6, 6.07) is 7.36. The van der Waals surface area contributed by atoms with Crippen LogP contribution in [0.3, 0.4) is 0 Å². The molecule has 28 heavy (non-hydrogen) atoms. The molecule has 0 unspecified atom stereocenters. The number of carbonyl (C=O) groups is 1. The fourth-order valence-corrected chi connectivity index (χ4v) is 4.85. The monoisotopic (exact) mass is 409 g/mol. The molecule has 0 bridgehead atoms. The molecule has 1 aliphatic rings. The van der Waals surface area contributed by atoms with Crippen molar-refractivity contribution in [3.63, 3.8) is 0 Å². The first kappa shape index (κ1) is 22.8. The van der Waals surface area contributed by atoms with Crippen LogP contribution in [0, 0.1) is 0 Å².